The van der Waals surface area contributed by atoms with E-state index in [-0.39, 0.29) is 0 Å². The SMILES string of the molecule is CC1(C)CNC(C2CCNCC2)OC1. The standard InChI is InChI=1S/C11H22N2O/c1-11(2)7-13-10(14-8-11)9-3-5-12-6-4-9/h9-10,12-13H,3-8H2,1-2H3. The van der Waals surface area contributed by atoms with Crippen molar-refractivity contribution in [3.63, 3.8) is 0 Å². The molecule has 0 aromatic heterocycles. The lowest BCUT2D eigenvalue weighted by atomic mass is 9.90. The van der Waals surface area contributed by atoms with E-state index in [0.29, 0.717) is 17.6 Å². The Morgan fingerprint density at radius 1 is 1.21 bits per heavy atom. The molecule has 2 fully saturated rings. The smallest absolute Gasteiger partial charge is 0.111 e. The van der Waals surface area contributed by atoms with Crippen molar-refractivity contribution in [1.82, 2.24) is 10.6 Å². The van der Waals surface area contributed by atoms with E-state index in [1.165, 1.54) is 12.8 Å². The first kappa shape index (κ1) is 10.4. The normalized spacial score (nSPS) is 34.3. The third-order valence-corrected chi connectivity index (χ3v) is 3.25. The lowest BCUT2D eigenvalue weighted by Gasteiger charge is -2.40. The number of nitrogens with one attached hydrogen (secondary N) is 2. The lowest BCUT2D eigenvalue weighted by Crippen LogP contribution is -2.52. The number of hydrogen-bond donors (Lipinski definition) is 2. The van der Waals surface area contributed by atoms with Crippen molar-refractivity contribution in [2.75, 3.05) is 26.2 Å². The highest BCUT2D eigenvalue weighted by atomic mass is 16.5. The van der Waals surface area contributed by atoms with Gasteiger partial charge < -0.3 is 10.1 Å². The highest BCUT2D eigenvalue weighted by molar-refractivity contribution is 4.82. The Hall–Kier alpha value is -0.120. The van der Waals surface area contributed by atoms with Crippen molar-refractivity contribution in [2.24, 2.45) is 11.3 Å². The summed E-state index contributed by atoms with van der Waals surface area (Å²) in [6, 6.07) is 0. The molecule has 2 aliphatic rings. The number of ether oxygens (including phenoxy) is 1. The average Bonchev–Trinajstić information content (AvgIpc) is 2.19. The van der Waals surface area contributed by atoms with Crippen LogP contribution in [0.15, 0.2) is 0 Å². The van der Waals surface area contributed by atoms with Crippen LogP contribution in [-0.2, 0) is 4.74 Å². The molecular formula is C11H22N2O. The number of hydrogen-bond acceptors (Lipinski definition) is 3. The fourth-order valence-electron chi connectivity index (χ4n) is 2.25. The second kappa shape index (κ2) is 4.17. The summed E-state index contributed by atoms with van der Waals surface area (Å²) in [7, 11) is 0. The quantitative estimate of drug-likeness (QED) is 0.658. The van der Waals surface area contributed by atoms with E-state index in [1.807, 2.05) is 0 Å². The molecule has 0 spiro atoms. The van der Waals surface area contributed by atoms with Crippen LogP contribution in [-0.4, -0.2) is 32.5 Å². The molecule has 2 rings (SSSR count). The predicted octanol–water partition coefficient (Wildman–Crippen LogP) is 0.958. The van der Waals surface area contributed by atoms with Gasteiger partial charge in [-0.15, -0.1) is 0 Å². The highest BCUT2D eigenvalue weighted by Gasteiger charge is 2.32. The largest absolute Gasteiger partial charge is 0.362 e. The van der Waals surface area contributed by atoms with Gasteiger partial charge in [0.1, 0.15) is 6.23 Å². The van der Waals surface area contributed by atoms with E-state index in [2.05, 4.69) is 24.5 Å². The van der Waals surface area contributed by atoms with E-state index in [0.717, 1.165) is 26.2 Å². The Labute approximate surface area is 86.6 Å². The van der Waals surface area contributed by atoms with Gasteiger partial charge in [0, 0.05) is 17.9 Å². The van der Waals surface area contributed by atoms with Gasteiger partial charge >= 0.3 is 0 Å². The second-order valence-corrected chi connectivity index (χ2v) is 5.36. The summed E-state index contributed by atoms with van der Waals surface area (Å²) < 4.78 is 5.89. The molecule has 82 valence electrons. The summed E-state index contributed by atoms with van der Waals surface area (Å²) in [5.74, 6) is 0.715. The molecule has 1 unspecified atom stereocenters. The van der Waals surface area contributed by atoms with Crippen molar-refractivity contribution in [3.8, 4) is 0 Å². The number of piperidine rings is 1. The molecule has 3 nitrogen and oxygen atoms in total. The summed E-state index contributed by atoms with van der Waals surface area (Å²) in [6.45, 7) is 8.78. The molecule has 0 saturated carbocycles. The molecule has 3 heteroatoms. The Morgan fingerprint density at radius 3 is 2.50 bits per heavy atom. The van der Waals surface area contributed by atoms with Gasteiger partial charge in [0.25, 0.3) is 0 Å². The van der Waals surface area contributed by atoms with Gasteiger partial charge in [0.05, 0.1) is 6.61 Å². The van der Waals surface area contributed by atoms with Crippen molar-refractivity contribution in [1.29, 1.82) is 0 Å². The fourth-order valence-corrected chi connectivity index (χ4v) is 2.25. The van der Waals surface area contributed by atoms with E-state index >= 15 is 0 Å². The first-order valence-electron chi connectivity index (χ1n) is 5.73. The van der Waals surface area contributed by atoms with Crippen LogP contribution in [0.2, 0.25) is 0 Å². The molecule has 0 bridgehead atoms. The molecule has 2 heterocycles. The summed E-state index contributed by atoms with van der Waals surface area (Å²) in [5.41, 5.74) is 0.309. The van der Waals surface area contributed by atoms with E-state index in [1.54, 1.807) is 0 Å². The van der Waals surface area contributed by atoms with Gasteiger partial charge in [-0.05, 0) is 25.9 Å². The third kappa shape index (κ3) is 2.47. The zero-order chi connectivity index (χ0) is 10.0. The van der Waals surface area contributed by atoms with Gasteiger partial charge in [-0.1, -0.05) is 13.8 Å². The second-order valence-electron chi connectivity index (χ2n) is 5.36. The Kier molecular flexibility index (Phi) is 3.10. The lowest BCUT2D eigenvalue weighted by molar-refractivity contribution is -0.0898. The highest BCUT2D eigenvalue weighted by Crippen LogP contribution is 2.25. The van der Waals surface area contributed by atoms with Crippen molar-refractivity contribution < 1.29 is 4.74 Å². The maximum Gasteiger partial charge on any atom is 0.111 e. The molecule has 2 saturated heterocycles. The number of rotatable bonds is 1. The van der Waals surface area contributed by atoms with Crippen LogP contribution in [0.25, 0.3) is 0 Å². The molecule has 14 heavy (non-hydrogen) atoms. The first-order chi connectivity index (χ1) is 6.67. The van der Waals surface area contributed by atoms with Crippen molar-refractivity contribution in [3.05, 3.63) is 0 Å². The third-order valence-electron chi connectivity index (χ3n) is 3.25. The van der Waals surface area contributed by atoms with Crippen molar-refractivity contribution in [2.45, 2.75) is 32.9 Å². The summed E-state index contributed by atoms with van der Waals surface area (Å²) in [4.78, 5) is 0. The molecule has 1 atom stereocenters. The predicted molar refractivity (Wildman–Crippen MR) is 57.1 cm³/mol. The molecule has 0 aromatic rings. The topological polar surface area (TPSA) is 33.3 Å². The van der Waals surface area contributed by atoms with Gasteiger partial charge in [0.15, 0.2) is 0 Å². The van der Waals surface area contributed by atoms with Crippen LogP contribution in [0.5, 0.6) is 0 Å². The maximum absolute atomic E-state index is 5.89. The minimum atomic E-state index is 0.309. The Balaban J connectivity index is 1.82. The summed E-state index contributed by atoms with van der Waals surface area (Å²) in [6.07, 6.45) is 2.81. The van der Waals surface area contributed by atoms with Crippen LogP contribution in [0.1, 0.15) is 26.7 Å². The van der Waals surface area contributed by atoms with E-state index in [4.69, 9.17) is 4.74 Å². The van der Waals surface area contributed by atoms with Crippen LogP contribution in [0.4, 0.5) is 0 Å². The van der Waals surface area contributed by atoms with Crippen LogP contribution in [0.3, 0.4) is 0 Å². The van der Waals surface area contributed by atoms with Gasteiger partial charge in [-0.25, -0.2) is 0 Å². The van der Waals surface area contributed by atoms with Crippen LogP contribution >= 0.6 is 0 Å². The van der Waals surface area contributed by atoms with E-state index in [9.17, 15) is 0 Å². The Morgan fingerprint density at radius 2 is 1.93 bits per heavy atom. The van der Waals surface area contributed by atoms with Gasteiger partial charge in [-0.2, -0.15) is 0 Å². The zero-order valence-corrected chi connectivity index (χ0v) is 9.31. The maximum atomic E-state index is 5.89. The fraction of sp³-hybridized carbons (Fsp3) is 1.00. The first-order valence-corrected chi connectivity index (χ1v) is 5.73. The van der Waals surface area contributed by atoms with Crippen LogP contribution in [0, 0.1) is 11.3 Å². The van der Waals surface area contributed by atoms with Crippen LogP contribution < -0.4 is 10.6 Å². The molecule has 0 aliphatic carbocycles. The summed E-state index contributed by atoms with van der Waals surface area (Å²) in [5, 5.41) is 6.92. The molecular weight excluding hydrogens is 176 g/mol. The van der Waals surface area contributed by atoms with Gasteiger partial charge in [-0.3, -0.25) is 5.32 Å². The zero-order valence-electron chi connectivity index (χ0n) is 9.31. The Bertz CT molecular complexity index is 178. The molecule has 2 N–H and O–H groups in total. The molecule has 2 aliphatic heterocycles. The molecule has 0 amide bonds. The molecule has 0 aromatic carbocycles. The minimum absolute atomic E-state index is 0.309. The van der Waals surface area contributed by atoms with E-state index < -0.39 is 0 Å². The van der Waals surface area contributed by atoms with Gasteiger partial charge in [0.2, 0.25) is 0 Å². The monoisotopic (exact) mass is 198 g/mol. The molecule has 0 radical (unpaired) electrons. The van der Waals surface area contributed by atoms with Crippen molar-refractivity contribution >= 4 is 0 Å². The average molecular weight is 198 g/mol. The minimum Gasteiger partial charge on any atom is -0.362 e. The summed E-state index contributed by atoms with van der Waals surface area (Å²) >= 11 is 0.